The topological polar surface area (TPSA) is 92.6 Å². The third-order valence-electron chi connectivity index (χ3n) is 4.63. The molecule has 4 aromatic rings. The van der Waals surface area contributed by atoms with Crippen molar-refractivity contribution in [3.8, 4) is 0 Å². The molecule has 0 aliphatic rings. The van der Waals surface area contributed by atoms with Crippen molar-refractivity contribution in [1.29, 1.82) is 0 Å². The van der Waals surface area contributed by atoms with E-state index in [4.69, 9.17) is 0 Å². The van der Waals surface area contributed by atoms with Crippen LogP contribution in [0.1, 0.15) is 21.7 Å². The summed E-state index contributed by atoms with van der Waals surface area (Å²) in [7, 11) is -3.67. The van der Waals surface area contributed by atoms with Gasteiger partial charge in [-0.15, -0.1) is 0 Å². The maximum Gasteiger partial charge on any atom is 0.261 e. The van der Waals surface area contributed by atoms with Crippen molar-refractivity contribution < 1.29 is 13.2 Å². The molecule has 7 nitrogen and oxygen atoms in total. The van der Waals surface area contributed by atoms with Gasteiger partial charge in [0.1, 0.15) is 5.65 Å². The van der Waals surface area contributed by atoms with Crippen LogP contribution < -0.4 is 10.0 Å². The van der Waals surface area contributed by atoms with Crippen molar-refractivity contribution in [3.05, 3.63) is 95.9 Å². The van der Waals surface area contributed by atoms with Crippen LogP contribution in [0.4, 0.5) is 5.69 Å². The fourth-order valence-corrected chi connectivity index (χ4v) is 4.14. The van der Waals surface area contributed by atoms with Gasteiger partial charge in [0, 0.05) is 23.1 Å². The normalized spacial score (nSPS) is 11.4. The van der Waals surface area contributed by atoms with E-state index in [1.807, 2.05) is 35.7 Å². The number of benzene rings is 2. The molecule has 4 rings (SSSR count). The molecule has 0 bridgehead atoms. The van der Waals surface area contributed by atoms with E-state index in [-0.39, 0.29) is 10.8 Å². The molecule has 0 radical (unpaired) electrons. The first-order chi connectivity index (χ1) is 14.4. The summed E-state index contributed by atoms with van der Waals surface area (Å²) >= 11 is 0. The number of nitrogens with one attached hydrogen (secondary N) is 2. The summed E-state index contributed by atoms with van der Waals surface area (Å²) in [5.41, 5.74) is 3.45. The van der Waals surface area contributed by atoms with Crippen molar-refractivity contribution in [1.82, 2.24) is 14.7 Å². The van der Waals surface area contributed by atoms with Gasteiger partial charge in [0.15, 0.2) is 0 Å². The molecule has 0 aliphatic carbocycles. The zero-order chi connectivity index (χ0) is 21.1. The highest BCUT2D eigenvalue weighted by atomic mass is 32.2. The van der Waals surface area contributed by atoms with Crippen LogP contribution in [0.15, 0.2) is 83.9 Å². The minimum absolute atomic E-state index is 0.175. The Morgan fingerprint density at radius 1 is 0.967 bits per heavy atom. The Labute approximate surface area is 174 Å². The van der Waals surface area contributed by atoms with Crippen molar-refractivity contribution in [2.24, 2.45) is 0 Å². The van der Waals surface area contributed by atoms with Crippen molar-refractivity contribution >= 4 is 27.3 Å². The molecule has 0 unspecified atom stereocenters. The van der Waals surface area contributed by atoms with Gasteiger partial charge in [0.05, 0.1) is 17.1 Å². The van der Waals surface area contributed by atoms with Gasteiger partial charge in [-0.3, -0.25) is 9.52 Å². The SMILES string of the molecule is Cc1cccc2nc(CNC(=O)c3ccc(NS(=O)(=O)c4ccccc4)cc3)cn12. The molecular weight excluding hydrogens is 400 g/mol. The number of hydrogen-bond donors (Lipinski definition) is 2. The molecule has 2 heterocycles. The number of hydrogen-bond acceptors (Lipinski definition) is 4. The molecule has 1 amide bonds. The quantitative estimate of drug-likeness (QED) is 0.500. The Bertz CT molecular complexity index is 1300. The standard InChI is InChI=1S/C22H20N4O3S/c1-16-6-5-9-21-24-19(15-26(16)21)14-23-22(27)17-10-12-18(13-11-17)25-30(28,29)20-7-3-2-4-8-20/h2-13,15,25H,14H2,1H3,(H,23,27). The first-order valence-electron chi connectivity index (χ1n) is 9.32. The number of anilines is 1. The average Bonchev–Trinajstić information content (AvgIpc) is 3.17. The molecule has 2 N–H and O–H groups in total. The summed E-state index contributed by atoms with van der Waals surface area (Å²) < 4.78 is 29.2. The maximum absolute atomic E-state index is 12.4. The lowest BCUT2D eigenvalue weighted by Crippen LogP contribution is -2.23. The first kappa shape index (κ1) is 19.7. The summed E-state index contributed by atoms with van der Waals surface area (Å²) in [6.45, 7) is 2.28. The molecule has 0 aliphatic heterocycles. The molecule has 30 heavy (non-hydrogen) atoms. The highest BCUT2D eigenvalue weighted by Gasteiger charge is 2.14. The van der Waals surface area contributed by atoms with Gasteiger partial charge in [0.25, 0.3) is 15.9 Å². The van der Waals surface area contributed by atoms with Gasteiger partial charge in [-0.25, -0.2) is 13.4 Å². The van der Waals surface area contributed by atoms with Crippen LogP contribution in [-0.2, 0) is 16.6 Å². The van der Waals surface area contributed by atoms with E-state index >= 15 is 0 Å². The monoisotopic (exact) mass is 420 g/mol. The third-order valence-corrected chi connectivity index (χ3v) is 6.03. The van der Waals surface area contributed by atoms with Crippen molar-refractivity contribution in [2.45, 2.75) is 18.4 Å². The van der Waals surface area contributed by atoms with E-state index in [2.05, 4.69) is 15.0 Å². The minimum Gasteiger partial charge on any atom is -0.346 e. The molecular formula is C22H20N4O3S. The van der Waals surface area contributed by atoms with Crippen molar-refractivity contribution in [3.63, 3.8) is 0 Å². The van der Waals surface area contributed by atoms with Crippen LogP contribution >= 0.6 is 0 Å². The average molecular weight is 420 g/mol. The second-order valence-corrected chi connectivity index (χ2v) is 8.49. The summed E-state index contributed by atoms with van der Waals surface area (Å²) in [5, 5.41) is 2.84. The van der Waals surface area contributed by atoms with Crippen LogP contribution in [0.3, 0.4) is 0 Å². The summed E-state index contributed by atoms with van der Waals surface area (Å²) in [6, 6.07) is 20.2. The van der Waals surface area contributed by atoms with E-state index < -0.39 is 10.0 Å². The number of imidazole rings is 1. The predicted molar refractivity (Wildman–Crippen MR) is 115 cm³/mol. The van der Waals surface area contributed by atoms with Crippen LogP contribution in [-0.4, -0.2) is 23.7 Å². The van der Waals surface area contributed by atoms with Crippen molar-refractivity contribution in [2.75, 3.05) is 4.72 Å². The lowest BCUT2D eigenvalue weighted by Gasteiger charge is -2.09. The number of pyridine rings is 1. The fourth-order valence-electron chi connectivity index (χ4n) is 3.06. The van der Waals surface area contributed by atoms with E-state index in [0.717, 1.165) is 17.0 Å². The van der Waals surface area contributed by atoms with Crippen LogP contribution in [0.5, 0.6) is 0 Å². The van der Waals surface area contributed by atoms with Crippen LogP contribution in [0.25, 0.3) is 5.65 Å². The number of aromatic nitrogens is 2. The number of nitrogens with zero attached hydrogens (tertiary/aromatic N) is 2. The van der Waals surface area contributed by atoms with E-state index in [0.29, 0.717) is 17.8 Å². The smallest absolute Gasteiger partial charge is 0.261 e. The van der Waals surface area contributed by atoms with E-state index in [1.54, 1.807) is 42.5 Å². The largest absolute Gasteiger partial charge is 0.346 e. The Morgan fingerprint density at radius 2 is 1.70 bits per heavy atom. The molecule has 0 saturated heterocycles. The van der Waals surface area contributed by atoms with E-state index in [9.17, 15) is 13.2 Å². The molecule has 0 atom stereocenters. The zero-order valence-electron chi connectivity index (χ0n) is 16.2. The number of carbonyl (C=O) groups is 1. The lowest BCUT2D eigenvalue weighted by atomic mass is 10.2. The second kappa shape index (κ2) is 8.00. The molecule has 2 aromatic heterocycles. The molecule has 8 heteroatoms. The minimum atomic E-state index is -3.67. The van der Waals surface area contributed by atoms with Gasteiger partial charge < -0.3 is 9.72 Å². The van der Waals surface area contributed by atoms with Gasteiger partial charge >= 0.3 is 0 Å². The summed E-state index contributed by atoms with van der Waals surface area (Å²) in [6.07, 6.45) is 1.90. The lowest BCUT2D eigenvalue weighted by molar-refractivity contribution is 0.0950. The number of amides is 1. The first-order valence-corrected chi connectivity index (χ1v) is 10.8. The molecule has 0 fully saturated rings. The molecule has 0 saturated carbocycles. The Hall–Kier alpha value is -3.65. The van der Waals surface area contributed by atoms with Crippen LogP contribution in [0.2, 0.25) is 0 Å². The molecule has 152 valence electrons. The second-order valence-electron chi connectivity index (χ2n) is 6.81. The van der Waals surface area contributed by atoms with Gasteiger partial charge in [-0.1, -0.05) is 24.3 Å². The fraction of sp³-hybridized carbons (Fsp3) is 0.0909. The zero-order valence-corrected chi connectivity index (χ0v) is 17.1. The number of carbonyl (C=O) groups excluding carboxylic acids is 1. The Kier molecular flexibility index (Phi) is 5.24. The van der Waals surface area contributed by atoms with Gasteiger partial charge in [-0.2, -0.15) is 0 Å². The predicted octanol–water partition coefficient (Wildman–Crippen LogP) is 3.37. The maximum atomic E-state index is 12.4. The highest BCUT2D eigenvalue weighted by molar-refractivity contribution is 7.92. The molecule has 2 aromatic carbocycles. The van der Waals surface area contributed by atoms with E-state index in [1.165, 1.54) is 12.1 Å². The van der Waals surface area contributed by atoms with Crippen LogP contribution in [0, 0.1) is 6.92 Å². The van der Waals surface area contributed by atoms with Gasteiger partial charge in [0.2, 0.25) is 0 Å². The highest BCUT2D eigenvalue weighted by Crippen LogP contribution is 2.16. The Morgan fingerprint density at radius 3 is 2.40 bits per heavy atom. The third kappa shape index (κ3) is 4.18. The molecule has 0 spiro atoms. The Balaban J connectivity index is 1.41. The number of rotatable bonds is 6. The number of fused-ring (bicyclic) bond motifs is 1. The summed E-state index contributed by atoms with van der Waals surface area (Å²) in [5.74, 6) is -0.263. The summed E-state index contributed by atoms with van der Waals surface area (Å²) in [4.78, 5) is 17.1. The number of aryl methyl sites for hydroxylation is 1. The van der Waals surface area contributed by atoms with Gasteiger partial charge in [-0.05, 0) is 55.5 Å². The number of sulfonamides is 1.